The summed E-state index contributed by atoms with van der Waals surface area (Å²) in [5, 5.41) is 15.5. The summed E-state index contributed by atoms with van der Waals surface area (Å²) in [5.41, 5.74) is 3.87. The number of ether oxygens (including phenoxy) is 1. The molecule has 38 heavy (non-hydrogen) atoms. The van der Waals surface area contributed by atoms with Crippen molar-refractivity contribution in [2.75, 3.05) is 18.0 Å². The Labute approximate surface area is 233 Å². The highest BCUT2D eigenvalue weighted by molar-refractivity contribution is 7.13. The van der Waals surface area contributed by atoms with Gasteiger partial charge in [-0.2, -0.15) is 4.37 Å². The zero-order chi connectivity index (χ0) is 26.0. The topological polar surface area (TPSA) is 88.7 Å². The molecule has 0 atom stereocenters. The van der Waals surface area contributed by atoms with Crippen LogP contribution < -0.4 is 4.90 Å². The molecule has 7 rings (SSSR count). The molecule has 1 aliphatic heterocycles. The molecule has 3 heterocycles. The fourth-order valence-corrected chi connectivity index (χ4v) is 7.42. The predicted molar refractivity (Wildman–Crippen MR) is 148 cm³/mol. The number of halogens is 2. The molecule has 1 spiro atoms. The van der Waals surface area contributed by atoms with E-state index in [1.165, 1.54) is 11.5 Å². The summed E-state index contributed by atoms with van der Waals surface area (Å²) in [6.45, 7) is 2.39. The first-order valence-electron chi connectivity index (χ1n) is 12.8. The third-order valence-electron chi connectivity index (χ3n) is 8.21. The molecule has 2 aromatic heterocycles. The van der Waals surface area contributed by atoms with E-state index in [-0.39, 0.29) is 17.2 Å². The number of fused-ring (bicyclic) bond motifs is 1. The van der Waals surface area contributed by atoms with Gasteiger partial charge < -0.3 is 19.3 Å². The molecule has 2 aliphatic carbocycles. The zero-order valence-electron chi connectivity index (χ0n) is 20.5. The number of nitrogens with zero attached hydrogens (tertiary/aromatic N) is 3. The maximum atomic E-state index is 11.4. The average molecular weight is 570 g/mol. The molecule has 3 aliphatic rings. The minimum atomic E-state index is -0.984. The minimum Gasteiger partial charge on any atom is -0.476 e. The zero-order valence-corrected chi connectivity index (χ0v) is 22.8. The lowest BCUT2D eigenvalue weighted by Crippen LogP contribution is -2.44. The molecule has 2 aromatic carbocycles. The lowest BCUT2D eigenvalue weighted by Gasteiger charge is -2.45. The van der Waals surface area contributed by atoms with Crippen molar-refractivity contribution in [3.8, 4) is 11.3 Å². The smallest absolute Gasteiger partial charge is 0.356 e. The number of carbonyl (C=O) groups is 1. The van der Waals surface area contributed by atoms with E-state index in [0.717, 1.165) is 66.9 Å². The summed E-state index contributed by atoms with van der Waals surface area (Å²) in [5.74, 6) is 0.318. The van der Waals surface area contributed by atoms with Crippen LogP contribution >= 0.6 is 34.7 Å². The van der Waals surface area contributed by atoms with E-state index in [0.29, 0.717) is 39.2 Å². The Bertz CT molecular complexity index is 1540. The summed E-state index contributed by atoms with van der Waals surface area (Å²) in [4.78, 5) is 13.8. The molecule has 1 saturated heterocycles. The van der Waals surface area contributed by atoms with Crippen LogP contribution in [0.2, 0.25) is 10.0 Å². The van der Waals surface area contributed by atoms with Gasteiger partial charge in [-0.1, -0.05) is 34.4 Å². The summed E-state index contributed by atoms with van der Waals surface area (Å²) < 4.78 is 17.2. The Kier molecular flexibility index (Phi) is 5.92. The van der Waals surface area contributed by atoms with Crippen LogP contribution in [0.25, 0.3) is 21.3 Å². The number of aromatic carboxylic acids is 1. The normalized spacial score (nSPS) is 22.9. The van der Waals surface area contributed by atoms with Crippen LogP contribution in [0.15, 0.2) is 40.9 Å². The molecular weight excluding hydrogens is 545 g/mol. The first kappa shape index (κ1) is 24.4. The van der Waals surface area contributed by atoms with Crippen LogP contribution in [0.4, 0.5) is 5.69 Å². The van der Waals surface area contributed by atoms with Gasteiger partial charge in [0.05, 0.1) is 27.5 Å². The number of rotatable bonds is 7. The number of hydrogen-bond donors (Lipinski definition) is 1. The number of hydrogen-bond acceptors (Lipinski definition) is 7. The molecule has 4 aromatic rings. The quantitative estimate of drug-likeness (QED) is 0.248. The second-order valence-corrected chi connectivity index (χ2v) is 12.4. The van der Waals surface area contributed by atoms with E-state index >= 15 is 0 Å². The van der Waals surface area contributed by atoms with Crippen molar-refractivity contribution in [1.29, 1.82) is 0 Å². The van der Waals surface area contributed by atoms with Crippen molar-refractivity contribution in [1.82, 2.24) is 9.53 Å². The van der Waals surface area contributed by atoms with Crippen molar-refractivity contribution >= 4 is 56.5 Å². The average Bonchev–Trinajstić information content (AvgIpc) is 3.29. The monoisotopic (exact) mass is 569 g/mol. The number of aromatic nitrogens is 2. The molecule has 1 N–H and O–H groups in total. The summed E-state index contributed by atoms with van der Waals surface area (Å²) >= 11 is 14.2. The van der Waals surface area contributed by atoms with E-state index in [4.69, 9.17) is 32.5 Å². The van der Waals surface area contributed by atoms with Gasteiger partial charge in [-0.25, -0.2) is 4.79 Å². The highest BCUT2D eigenvalue weighted by atomic mass is 35.5. The lowest BCUT2D eigenvalue weighted by molar-refractivity contribution is -0.0796. The van der Waals surface area contributed by atoms with Gasteiger partial charge in [0.15, 0.2) is 5.69 Å². The highest BCUT2D eigenvalue weighted by Crippen LogP contribution is 2.51. The van der Waals surface area contributed by atoms with Crippen LogP contribution in [0.3, 0.4) is 0 Å². The molecular formula is C28H25Cl2N3O4S. The fraction of sp³-hybridized carbons (Fsp3) is 0.393. The van der Waals surface area contributed by atoms with E-state index in [2.05, 4.69) is 20.5 Å². The van der Waals surface area contributed by atoms with Crippen LogP contribution in [-0.4, -0.2) is 39.8 Å². The molecule has 2 saturated carbocycles. The Morgan fingerprint density at radius 2 is 2.00 bits per heavy atom. The Balaban J connectivity index is 1.03. The first-order valence-corrected chi connectivity index (χ1v) is 14.4. The number of anilines is 1. The van der Waals surface area contributed by atoms with Gasteiger partial charge in [0.2, 0.25) is 0 Å². The number of benzene rings is 2. The van der Waals surface area contributed by atoms with E-state index in [1.54, 1.807) is 0 Å². The van der Waals surface area contributed by atoms with Crippen LogP contribution in [0, 0.1) is 5.41 Å². The first-order chi connectivity index (χ1) is 18.4. The van der Waals surface area contributed by atoms with E-state index < -0.39 is 5.97 Å². The van der Waals surface area contributed by atoms with Gasteiger partial charge in [0, 0.05) is 41.2 Å². The second-order valence-electron chi connectivity index (χ2n) is 10.8. The number of carboxylic acid groups (broad SMARTS) is 1. The maximum absolute atomic E-state index is 11.4. The fourth-order valence-electron chi connectivity index (χ4n) is 6.04. The van der Waals surface area contributed by atoms with Crippen molar-refractivity contribution in [2.24, 2.45) is 5.41 Å². The Morgan fingerprint density at radius 3 is 2.74 bits per heavy atom. The number of carboxylic acids is 1. The summed E-state index contributed by atoms with van der Waals surface area (Å²) in [6, 6.07) is 11.4. The van der Waals surface area contributed by atoms with E-state index in [1.807, 2.05) is 30.3 Å². The van der Waals surface area contributed by atoms with Crippen molar-refractivity contribution < 1.29 is 19.2 Å². The van der Waals surface area contributed by atoms with Crippen LogP contribution in [0.1, 0.15) is 59.8 Å². The predicted octanol–water partition coefficient (Wildman–Crippen LogP) is 7.41. The van der Waals surface area contributed by atoms with Gasteiger partial charge in [-0.05, 0) is 79.4 Å². The molecule has 0 unspecified atom stereocenters. The van der Waals surface area contributed by atoms with Gasteiger partial charge in [-0.15, -0.1) is 0 Å². The third-order valence-corrected chi connectivity index (χ3v) is 9.65. The molecule has 196 valence electrons. The van der Waals surface area contributed by atoms with Crippen molar-refractivity contribution in [2.45, 2.75) is 50.7 Å². The molecule has 0 bridgehead atoms. The minimum absolute atomic E-state index is 0.131. The molecule has 7 nitrogen and oxygen atoms in total. The van der Waals surface area contributed by atoms with Crippen LogP contribution in [0.5, 0.6) is 0 Å². The van der Waals surface area contributed by atoms with Gasteiger partial charge in [-0.3, -0.25) is 0 Å². The van der Waals surface area contributed by atoms with Crippen molar-refractivity contribution in [3.63, 3.8) is 0 Å². The summed E-state index contributed by atoms with van der Waals surface area (Å²) in [7, 11) is 0. The summed E-state index contributed by atoms with van der Waals surface area (Å²) in [6.07, 6.45) is 5.54. The van der Waals surface area contributed by atoms with Gasteiger partial charge in [0.25, 0.3) is 0 Å². The maximum Gasteiger partial charge on any atom is 0.356 e. The Hall–Kier alpha value is -2.65. The van der Waals surface area contributed by atoms with Gasteiger partial charge in [0.1, 0.15) is 11.5 Å². The standard InChI is InChI=1S/C28H25Cl2N3O4S/c29-20-2-1-3-21(30)23(20)24-19(26(37-31-24)15-4-5-15)13-36-17-11-28(12-17)8-9-33(14-28)16-6-7-18-22(10-16)38-32-25(18)27(34)35/h1-3,6-7,10,15,17H,4-5,8-9,11-14H2,(H,34,35). The second kappa shape index (κ2) is 9.23. The molecule has 10 heteroatoms. The largest absolute Gasteiger partial charge is 0.476 e. The Morgan fingerprint density at radius 1 is 1.21 bits per heavy atom. The SMILES string of the molecule is O=C(O)c1nsc2cc(N3CCC4(CC(OCc5c(-c6c(Cl)cccc6Cl)noc5C5CC5)C4)C3)ccc12. The van der Waals surface area contributed by atoms with E-state index in [9.17, 15) is 9.90 Å². The van der Waals surface area contributed by atoms with Gasteiger partial charge >= 0.3 is 5.97 Å². The highest BCUT2D eigenvalue weighted by Gasteiger charge is 2.49. The molecule has 0 radical (unpaired) electrons. The van der Waals surface area contributed by atoms with Crippen molar-refractivity contribution in [3.05, 3.63) is 63.5 Å². The molecule has 3 fully saturated rings. The third kappa shape index (κ3) is 4.18. The van der Waals surface area contributed by atoms with Crippen LogP contribution in [-0.2, 0) is 11.3 Å². The lowest BCUT2D eigenvalue weighted by atomic mass is 9.66. The molecule has 0 amide bonds.